The van der Waals surface area contributed by atoms with E-state index in [2.05, 4.69) is 10.2 Å². The van der Waals surface area contributed by atoms with Crippen LogP contribution in [0.25, 0.3) is 28.0 Å². The topological polar surface area (TPSA) is 119 Å². The maximum atomic E-state index is 13.5. The monoisotopic (exact) mass is 423 g/mol. The summed E-state index contributed by atoms with van der Waals surface area (Å²) in [5.41, 5.74) is -0.866. The molecule has 0 aliphatic rings. The molecule has 5 rings (SSSR count). The van der Waals surface area contributed by atoms with Crippen LogP contribution in [0.2, 0.25) is 0 Å². The lowest BCUT2D eigenvalue weighted by Gasteiger charge is -2.11. The summed E-state index contributed by atoms with van der Waals surface area (Å²) in [6.07, 6.45) is 4.30. The molecule has 0 bridgehead atoms. The third-order valence-corrected chi connectivity index (χ3v) is 4.76. The second kappa shape index (κ2) is 7.70. The van der Waals surface area contributed by atoms with Gasteiger partial charge in [0.05, 0.1) is 24.4 Å². The Balaban J connectivity index is 1.86. The molecule has 32 heavy (non-hydrogen) atoms. The minimum atomic E-state index is -0.632. The molecule has 9 nitrogen and oxygen atoms in total. The third kappa shape index (κ3) is 3.12. The maximum Gasteiger partial charge on any atom is 0.299 e. The predicted octanol–water partition coefficient (Wildman–Crippen LogP) is 3.15. The minimum absolute atomic E-state index is 0.0862. The van der Waals surface area contributed by atoms with Crippen molar-refractivity contribution < 1.29 is 8.83 Å². The number of nitriles is 1. The summed E-state index contributed by atoms with van der Waals surface area (Å²) in [7, 11) is 0. The molecule has 1 aromatic carbocycles. The number of aromatic nitrogens is 3. The van der Waals surface area contributed by atoms with E-state index < -0.39 is 11.1 Å². The van der Waals surface area contributed by atoms with Crippen molar-refractivity contribution >= 4 is 17.1 Å². The second-order valence-corrected chi connectivity index (χ2v) is 6.69. The highest BCUT2D eigenvalue weighted by molar-refractivity contribution is 5.86. The van der Waals surface area contributed by atoms with E-state index >= 15 is 0 Å². The average molecular weight is 423 g/mol. The summed E-state index contributed by atoms with van der Waals surface area (Å²) >= 11 is 0. The molecule has 9 heteroatoms. The molecular weight excluding hydrogens is 410 g/mol. The standard InChI is InChI=1S/C23H13N5O4/c24-13-18-17-12-19(20-9-5-11-32-20)28(25-14-16-8-4-10-31-16)23(30)21(17)26-27(22(18)29)15-6-2-1-3-7-15/h1-12,14H/b25-14-. The van der Waals surface area contributed by atoms with Crippen LogP contribution in [0.3, 0.4) is 0 Å². The Bertz CT molecular complexity index is 1600. The van der Waals surface area contributed by atoms with Gasteiger partial charge in [0, 0.05) is 5.39 Å². The number of rotatable bonds is 4. The van der Waals surface area contributed by atoms with Crippen LogP contribution in [-0.4, -0.2) is 20.7 Å². The SMILES string of the molecule is N#Cc1c(=O)n(-c2ccccc2)nc2c(=O)n(/N=C\c3ccco3)c(-c3ccco3)cc12. The van der Waals surface area contributed by atoms with Crippen molar-refractivity contribution in [2.45, 2.75) is 0 Å². The molecule has 4 heterocycles. The fourth-order valence-electron chi connectivity index (χ4n) is 3.29. The zero-order chi connectivity index (χ0) is 22.1. The highest BCUT2D eigenvalue weighted by atomic mass is 16.3. The summed E-state index contributed by atoms with van der Waals surface area (Å²) in [6, 6.07) is 18.6. The Hall–Kier alpha value is -4.97. The van der Waals surface area contributed by atoms with Crippen LogP contribution in [0.15, 0.2) is 96.7 Å². The van der Waals surface area contributed by atoms with Gasteiger partial charge < -0.3 is 8.83 Å². The van der Waals surface area contributed by atoms with Crippen molar-refractivity contribution in [3.05, 3.63) is 105 Å². The largest absolute Gasteiger partial charge is 0.463 e. The summed E-state index contributed by atoms with van der Waals surface area (Å²) in [5, 5.41) is 18.4. The molecule has 0 saturated heterocycles. The molecule has 4 aromatic heterocycles. The van der Waals surface area contributed by atoms with Gasteiger partial charge in [0.25, 0.3) is 11.1 Å². The Kier molecular flexibility index (Phi) is 4.58. The smallest absolute Gasteiger partial charge is 0.299 e. The van der Waals surface area contributed by atoms with Crippen LogP contribution in [-0.2, 0) is 0 Å². The average Bonchev–Trinajstić information content (AvgIpc) is 3.53. The molecule has 0 fully saturated rings. The number of para-hydroxylation sites is 1. The number of furan rings is 2. The zero-order valence-corrected chi connectivity index (χ0v) is 16.4. The van der Waals surface area contributed by atoms with Gasteiger partial charge in [-0.2, -0.15) is 24.8 Å². The van der Waals surface area contributed by atoms with Crippen LogP contribution >= 0.6 is 0 Å². The quantitative estimate of drug-likeness (QED) is 0.410. The molecule has 0 aliphatic carbocycles. The third-order valence-electron chi connectivity index (χ3n) is 4.76. The van der Waals surface area contributed by atoms with Crippen LogP contribution in [0.4, 0.5) is 0 Å². The predicted molar refractivity (Wildman–Crippen MR) is 116 cm³/mol. The van der Waals surface area contributed by atoms with Crippen LogP contribution < -0.4 is 11.1 Å². The maximum absolute atomic E-state index is 13.5. The first-order valence-corrected chi connectivity index (χ1v) is 9.48. The molecule has 0 atom stereocenters. The number of hydrogen-bond donors (Lipinski definition) is 0. The van der Waals surface area contributed by atoms with Gasteiger partial charge in [-0.3, -0.25) is 9.59 Å². The minimum Gasteiger partial charge on any atom is -0.463 e. The zero-order valence-electron chi connectivity index (χ0n) is 16.4. The highest BCUT2D eigenvalue weighted by Crippen LogP contribution is 2.23. The Labute approximate surface area is 179 Å². The number of benzene rings is 1. The summed E-state index contributed by atoms with van der Waals surface area (Å²) in [5.74, 6) is 0.763. The van der Waals surface area contributed by atoms with Crippen molar-refractivity contribution in [3.63, 3.8) is 0 Å². The fourth-order valence-corrected chi connectivity index (χ4v) is 3.29. The lowest BCUT2D eigenvalue weighted by molar-refractivity contribution is 0.558. The lowest BCUT2D eigenvalue weighted by Crippen LogP contribution is -2.28. The molecule has 0 aliphatic heterocycles. The van der Waals surface area contributed by atoms with Crippen molar-refractivity contribution in [2.75, 3.05) is 0 Å². The first-order valence-electron chi connectivity index (χ1n) is 9.48. The van der Waals surface area contributed by atoms with Gasteiger partial charge in [0.1, 0.15) is 23.1 Å². The molecule has 0 saturated carbocycles. The van der Waals surface area contributed by atoms with Gasteiger partial charge in [-0.25, -0.2) is 0 Å². The second-order valence-electron chi connectivity index (χ2n) is 6.69. The van der Waals surface area contributed by atoms with Crippen molar-refractivity contribution in [2.24, 2.45) is 5.10 Å². The molecule has 0 spiro atoms. The number of hydrogen-bond acceptors (Lipinski definition) is 7. The molecule has 0 amide bonds. The van der Waals surface area contributed by atoms with Crippen molar-refractivity contribution in [1.82, 2.24) is 14.5 Å². The van der Waals surface area contributed by atoms with E-state index in [0.717, 1.165) is 9.36 Å². The summed E-state index contributed by atoms with van der Waals surface area (Å²) < 4.78 is 12.8. The molecule has 154 valence electrons. The van der Waals surface area contributed by atoms with E-state index in [-0.39, 0.29) is 22.2 Å². The first kappa shape index (κ1) is 19.0. The Morgan fingerprint density at radius 1 is 0.969 bits per heavy atom. The van der Waals surface area contributed by atoms with Gasteiger partial charge in [-0.05, 0) is 42.5 Å². The number of fused-ring (bicyclic) bond motifs is 1. The highest BCUT2D eigenvalue weighted by Gasteiger charge is 2.20. The Morgan fingerprint density at radius 3 is 2.44 bits per heavy atom. The first-order chi connectivity index (χ1) is 15.7. The van der Waals surface area contributed by atoms with Gasteiger partial charge in [-0.1, -0.05) is 18.2 Å². The summed E-state index contributed by atoms with van der Waals surface area (Å²) in [4.78, 5) is 26.4. The molecule has 0 unspecified atom stereocenters. The number of nitrogens with zero attached hydrogens (tertiary/aromatic N) is 5. The van der Waals surface area contributed by atoms with Crippen LogP contribution in [0.1, 0.15) is 11.3 Å². The van der Waals surface area contributed by atoms with E-state index in [0.29, 0.717) is 17.2 Å². The van der Waals surface area contributed by atoms with Gasteiger partial charge in [0.2, 0.25) is 0 Å². The molecule has 0 N–H and O–H groups in total. The molecule has 0 radical (unpaired) electrons. The Morgan fingerprint density at radius 2 is 1.75 bits per heavy atom. The van der Waals surface area contributed by atoms with Crippen molar-refractivity contribution in [3.8, 4) is 23.2 Å². The van der Waals surface area contributed by atoms with Crippen molar-refractivity contribution in [1.29, 1.82) is 5.26 Å². The van der Waals surface area contributed by atoms with Crippen LogP contribution in [0, 0.1) is 11.3 Å². The van der Waals surface area contributed by atoms with Crippen LogP contribution in [0.5, 0.6) is 0 Å². The van der Waals surface area contributed by atoms with E-state index in [1.165, 1.54) is 24.8 Å². The van der Waals surface area contributed by atoms with E-state index in [1.54, 1.807) is 54.6 Å². The van der Waals surface area contributed by atoms with E-state index in [4.69, 9.17) is 8.83 Å². The molecular formula is C23H13N5O4. The fraction of sp³-hybridized carbons (Fsp3) is 0. The van der Waals surface area contributed by atoms with Gasteiger partial charge in [0.15, 0.2) is 11.3 Å². The molecule has 5 aromatic rings. The van der Waals surface area contributed by atoms with E-state index in [9.17, 15) is 14.9 Å². The van der Waals surface area contributed by atoms with E-state index in [1.807, 2.05) is 6.07 Å². The lowest BCUT2D eigenvalue weighted by atomic mass is 10.1. The number of pyridine rings is 1. The normalized spacial score (nSPS) is 11.2. The van der Waals surface area contributed by atoms with Gasteiger partial charge in [-0.15, -0.1) is 0 Å². The van der Waals surface area contributed by atoms with Gasteiger partial charge >= 0.3 is 0 Å². The summed E-state index contributed by atoms with van der Waals surface area (Å²) in [6.45, 7) is 0.